The zero-order valence-corrected chi connectivity index (χ0v) is 6.62. The van der Waals surface area contributed by atoms with Crippen molar-refractivity contribution in [1.82, 2.24) is 0 Å². The van der Waals surface area contributed by atoms with Crippen LogP contribution in [-0.2, 0) is 0 Å². The molecule has 0 radical (unpaired) electrons. The molecular weight excluding hydrogens is 137 g/mol. The Morgan fingerprint density at radius 2 is 2.36 bits per heavy atom. The standard InChI is InChI=1S/C7H12BN3/c1-11-3-2-5-4-8-6(5)7(9)10/h2-3,7H,4,9-10H2,1H3/b5-2+,11-3?. The van der Waals surface area contributed by atoms with Gasteiger partial charge in [0.05, 0.1) is 0 Å². The SMILES string of the molecule is CN=C/C=C1\CB=C1C(N)N. The first-order valence-corrected chi connectivity index (χ1v) is 3.58. The molecule has 3 nitrogen and oxygen atoms in total. The molecule has 0 aromatic heterocycles. The summed E-state index contributed by atoms with van der Waals surface area (Å²) >= 11 is 0. The van der Waals surface area contributed by atoms with E-state index in [4.69, 9.17) is 11.5 Å². The van der Waals surface area contributed by atoms with Gasteiger partial charge in [-0.2, -0.15) is 0 Å². The van der Waals surface area contributed by atoms with Crippen LogP contribution in [0.25, 0.3) is 0 Å². The number of nitrogens with two attached hydrogens (primary N) is 2. The number of aliphatic imine (C=N–C) groups is 1. The van der Waals surface area contributed by atoms with Crippen molar-refractivity contribution in [3.8, 4) is 0 Å². The van der Waals surface area contributed by atoms with Gasteiger partial charge in [-0.3, -0.25) is 0 Å². The van der Waals surface area contributed by atoms with Crippen LogP contribution >= 0.6 is 0 Å². The van der Waals surface area contributed by atoms with Crippen molar-refractivity contribution in [1.29, 1.82) is 0 Å². The van der Waals surface area contributed by atoms with Gasteiger partial charge >= 0.3 is 66.2 Å². The minimum atomic E-state index is -0.333. The van der Waals surface area contributed by atoms with Crippen molar-refractivity contribution < 1.29 is 0 Å². The van der Waals surface area contributed by atoms with Gasteiger partial charge in [-0.1, -0.05) is 0 Å². The topological polar surface area (TPSA) is 64.4 Å². The van der Waals surface area contributed by atoms with Gasteiger partial charge in [0, 0.05) is 0 Å². The Morgan fingerprint density at radius 1 is 1.64 bits per heavy atom. The molecule has 0 atom stereocenters. The molecule has 0 spiro atoms. The summed E-state index contributed by atoms with van der Waals surface area (Å²) in [4.78, 5) is 3.84. The van der Waals surface area contributed by atoms with E-state index >= 15 is 0 Å². The fraction of sp³-hybridized carbons (Fsp3) is 0.429. The number of hydrogen-bond donors (Lipinski definition) is 2. The zero-order valence-electron chi connectivity index (χ0n) is 6.62. The summed E-state index contributed by atoms with van der Waals surface area (Å²) < 4.78 is 0. The molecule has 1 aliphatic heterocycles. The van der Waals surface area contributed by atoms with Crippen molar-refractivity contribution >= 4 is 18.6 Å². The Kier molecular flexibility index (Phi) is 2.73. The van der Waals surface area contributed by atoms with Crippen LogP contribution in [-0.4, -0.2) is 31.8 Å². The molecule has 4 N–H and O–H groups in total. The molecule has 0 aromatic carbocycles. The van der Waals surface area contributed by atoms with Crippen molar-refractivity contribution in [2.75, 3.05) is 7.05 Å². The van der Waals surface area contributed by atoms with E-state index in [0.717, 1.165) is 11.8 Å². The average Bonchev–Trinajstić information content (AvgIpc) is 1.84. The molecule has 1 heterocycles. The molecule has 0 aliphatic carbocycles. The van der Waals surface area contributed by atoms with E-state index in [1.807, 2.05) is 13.0 Å². The van der Waals surface area contributed by atoms with E-state index in [1.54, 1.807) is 13.3 Å². The zero-order chi connectivity index (χ0) is 8.27. The first kappa shape index (κ1) is 8.36. The summed E-state index contributed by atoms with van der Waals surface area (Å²) in [5.74, 6) is 0. The molecule has 0 aromatic rings. The Balaban J connectivity index is 2.61. The summed E-state index contributed by atoms with van der Waals surface area (Å²) in [7, 11) is 1.74. The van der Waals surface area contributed by atoms with E-state index in [2.05, 4.69) is 4.99 Å². The Hall–Kier alpha value is -0.735. The molecule has 0 amide bonds. The fourth-order valence-electron chi connectivity index (χ4n) is 1.02. The second-order valence-corrected chi connectivity index (χ2v) is 2.49. The van der Waals surface area contributed by atoms with Gasteiger partial charge in [-0.15, -0.1) is 0 Å². The summed E-state index contributed by atoms with van der Waals surface area (Å²) in [6, 6.07) is 0. The third kappa shape index (κ3) is 1.85. The fourth-order valence-corrected chi connectivity index (χ4v) is 1.02. The molecule has 11 heavy (non-hydrogen) atoms. The van der Waals surface area contributed by atoms with Gasteiger partial charge in [-0.25, -0.2) is 0 Å². The number of hydrogen-bond acceptors (Lipinski definition) is 3. The van der Waals surface area contributed by atoms with E-state index in [1.165, 1.54) is 5.57 Å². The van der Waals surface area contributed by atoms with Gasteiger partial charge in [0.1, 0.15) is 0 Å². The molecule has 4 heteroatoms. The first-order chi connectivity index (χ1) is 5.25. The maximum atomic E-state index is 5.48. The molecular formula is C7H12BN3. The van der Waals surface area contributed by atoms with Crippen LogP contribution in [0, 0.1) is 0 Å². The second kappa shape index (κ2) is 3.60. The van der Waals surface area contributed by atoms with Crippen molar-refractivity contribution in [3.63, 3.8) is 0 Å². The van der Waals surface area contributed by atoms with E-state index < -0.39 is 0 Å². The predicted octanol–water partition coefficient (Wildman–Crippen LogP) is -0.835. The van der Waals surface area contributed by atoms with Crippen molar-refractivity contribution in [3.05, 3.63) is 11.6 Å². The van der Waals surface area contributed by atoms with Crippen LogP contribution < -0.4 is 11.5 Å². The van der Waals surface area contributed by atoms with Gasteiger partial charge in [0.25, 0.3) is 0 Å². The minimum absolute atomic E-state index is 0.333. The van der Waals surface area contributed by atoms with Crippen molar-refractivity contribution in [2.45, 2.75) is 12.5 Å². The summed E-state index contributed by atoms with van der Waals surface area (Å²) in [5, 5.41) is 0. The second-order valence-electron chi connectivity index (χ2n) is 2.49. The molecule has 1 rings (SSSR count). The number of rotatable bonds is 2. The Morgan fingerprint density at radius 3 is 2.73 bits per heavy atom. The van der Waals surface area contributed by atoms with Crippen LogP contribution in [0.4, 0.5) is 0 Å². The maximum absolute atomic E-state index is 5.48. The quantitative estimate of drug-likeness (QED) is 0.305. The number of allylic oxidation sites excluding steroid dienone is 1. The van der Waals surface area contributed by atoms with Crippen LogP contribution in [0.3, 0.4) is 0 Å². The molecule has 1 aliphatic rings. The first-order valence-electron chi connectivity index (χ1n) is 3.58. The van der Waals surface area contributed by atoms with Gasteiger partial charge < -0.3 is 0 Å². The molecule has 0 bridgehead atoms. The van der Waals surface area contributed by atoms with Crippen LogP contribution in [0.2, 0.25) is 6.32 Å². The van der Waals surface area contributed by atoms with Gasteiger partial charge in [0.15, 0.2) is 0 Å². The van der Waals surface area contributed by atoms with Gasteiger partial charge in [0.2, 0.25) is 0 Å². The monoisotopic (exact) mass is 149 g/mol. The van der Waals surface area contributed by atoms with E-state index in [9.17, 15) is 0 Å². The van der Waals surface area contributed by atoms with Gasteiger partial charge in [-0.05, 0) is 0 Å². The summed E-state index contributed by atoms with van der Waals surface area (Å²) in [6.07, 6.45) is 4.33. The third-order valence-electron chi connectivity index (χ3n) is 1.70. The molecule has 0 saturated heterocycles. The molecule has 0 saturated carbocycles. The number of nitrogens with zero attached hydrogens (tertiary/aromatic N) is 1. The average molecular weight is 149 g/mol. The summed E-state index contributed by atoms with van der Waals surface area (Å²) in [6.45, 7) is 2.04. The molecule has 0 fully saturated rings. The van der Waals surface area contributed by atoms with Crippen molar-refractivity contribution in [2.24, 2.45) is 16.5 Å². The van der Waals surface area contributed by atoms with Crippen LogP contribution in [0.15, 0.2) is 16.6 Å². The summed E-state index contributed by atoms with van der Waals surface area (Å²) in [5.41, 5.74) is 13.2. The van der Waals surface area contributed by atoms with Crippen LogP contribution in [0.5, 0.6) is 0 Å². The molecule has 0 unspecified atom stereocenters. The predicted molar refractivity (Wildman–Crippen MR) is 50.2 cm³/mol. The Labute approximate surface area is 67.1 Å². The Bertz CT molecular complexity index is 228. The van der Waals surface area contributed by atoms with E-state index in [0.29, 0.717) is 0 Å². The molecule has 58 valence electrons. The normalized spacial score (nSPS) is 20.4. The third-order valence-corrected chi connectivity index (χ3v) is 1.70. The van der Waals surface area contributed by atoms with Crippen LogP contribution in [0.1, 0.15) is 0 Å². The van der Waals surface area contributed by atoms with E-state index in [-0.39, 0.29) is 6.17 Å².